The summed E-state index contributed by atoms with van der Waals surface area (Å²) < 4.78 is 7.39. The highest BCUT2D eigenvalue weighted by Crippen LogP contribution is 2.18. The van der Waals surface area contributed by atoms with Gasteiger partial charge < -0.3 is 14.6 Å². The van der Waals surface area contributed by atoms with Crippen molar-refractivity contribution in [2.24, 2.45) is 7.05 Å². The lowest BCUT2D eigenvalue weighted by molar-refractivity contribution is -0.117. The molecule has 1 atom stereocenters. The van der Waals surface area contributed by atoms with Crippen molar-refractivity contribution < 1.29 is 14.3 Å². The van der Waals surface area contributed by atoms with E-state index in [4.69, 9.17) is 16.3 Å². The van der Waals surface area contributed by atoms with E-state index in [9.17, 15) is 9.59 Å². The quantitative estimate of drug-likeness (QED) is 0.648. The summed E-state index contributed by atoms with van der Waals surface area (Å²) in [7, 11) is 1.79. The van der Waals surface area contributed by atoms with Crippen molar-refractivity contribution in [3.8, 4) is 5.75 Å². The number of carbonyl (C=O) groups excluding carboxylic acids is 2. The minimum absolute atomic E-state index is 0.00684. The second kappa shape index (κ2) is 10.2. The number of carbonyl (C=O) groups is 2. The van der Waals surface area contributed by atoms with Crippen LogP contribution in [0.15, 0.2) is 29.4 Å². The maximum atomic E-state index is 11.9. The summed E-state index contributed by atoms with van der Waals surface area (Å²) in [5.74, 6) is 0.936. The van der Waals surface area contributed by atoms with Crippen LogP contribution in [-0.4, -0.2) is 38.5 Å². The normalized spacial score (nSPS) is 11.7. The number of amides is 3. The molecular weight excluding hydrogens is 390 g/mol. The van der Waals surface area contributed by atoms with Gasteiger partial charge in [0.1, 0.15) is 12.4 Å². The van der Waals surface area contributed by atoms with Gasteiger partial charge in [-0.2, -0.15) is 0 Å². The Labute approximate surface area is 167 Å². The van der Waals surface area contributed by atoms with Crippen LogP contribution in [0.1, 0.15) is 26.1 Å². The number of thioether (sulfide) groups is 1. The van der Waals surface area contributed by atoms with Gasteiger partial charge >= 0.3 is 6.03 Å². The summed E-state index contributed by atoms with van der Waals surface area (Å²) in [6.07, 6.45) is 0.788. The first-order valence-corrected chi connectivity index (χ1v) is 9.75. The summed E-state index contributed by atoms with van der Waals surface area (Å²) in [4.78, 5) is 23.5. The molecule has 0 aliphatic carbocycles. The molecule has 0 fully saturated rings. The molecule has 0 spiro atoms. The zero-order chi connectivity index (χ0) is 19.8. The summed E-state index contributed by atoms with van der Waals surface area (Å²) in [6, 6.07) is 6.53. The number of ether oxygens (including phenoxy) is 1. The summed E-state index contributed by atoms with van der Waals surface area (Å²) in [6.45, 7) is 4.05. The Morgan fingerprint density at radius 3 is 2.67 bits per heavy atom. The molecule has 8 nitrogen and oxygen atoms in total. The maximum absolute atomic E-state index is 11.9. The lowest BCUT2D eigenvalue weighted by atomic mass is 10.3. The number of nitrogens with one attached hydrogen (secondary N) is 2. The Hall–Kier alpha value is -2.26. The highest BCUT2D eigenvalue weighted by atomic mass is 35.5. The van der Waals surface area contributed by atoms with Gasteiger partial charge in [-0.25, -0.2) is 4.79 Å². The van der Waals surface area contributed by atoms with E-state index in [1.165, 1.54) is 11.8 Å². The summed E-state index contributed by atoms with van der Waals surface area (Å²) >= 11 is 7.03. The predicted molar refractivity (Wildman–Crippen MR) is 104 cm³/mol. The van der Waals surface area contributed by atoms with Gasteiger partial charge in [0.05, 0.1) is 5.75 Å². The van der Waals surface area contributed by atoms with Gasteiger partial charge in [-0.05, 0) is 37.6 Å². The van der Waals surface area contributed by atoms with Crippen LogP contribution >= 0.6 is 23.4 Å². The van der Waals surface area contributed by atoms with Gasteiger partial charge in [-0.15, -0.1) is 10.2 Å². The second-order valence-electron chi connectivity index (χ2n) is 5.82. The zero-order valence-electron chi connectivity index (χ0n) is 15.4. The van der Waals surface area contributed by atoms with E-state index in [1.807, 2.05) is 13.8 Å². The van der Waals surface area contributed by atoms with Gasteiger partial charge in [0.25, 0.3) is 0 Å². The Morgan fingerprint density at radius 1 is 1.30 bits per heavy atom. The van der Waals surface area contributed by atoms with Crippen LogP contribution in [0.5, 0.6) is 5.75 Å². The molecule has 146 valence electrons. The first-order valence-electron chi connectivity index (χ1n) is 8.38. The third-order valence-electron chi connectivity index (χ3n) is 3.68. The average molecular weight is 412 g/mol. The Balaban J connectivity index is 1.81. The van der Waals surface area contributed by atoms with Crippen LogP contribution in [0, 0.1) is 0 Å². The monoisotopic (exact) mass is 411 g/mol. The van der Waals surface area contributed by atoms with E-state index in [2.05, 4.69) is 20.8 Å². The van der Waals surface area contributed by atoms with Crippen LogP contribution in [0.3, 0.4) is 0 Å². The van der Waals surface area contributed by atoms with Gasteiger partial charge in [-0.3, -0.25) is 10.1 Å². The molecule has 2 N–H and O–H groups in total. The van der Waals surface area contributed by atoms with Crippen LogP contribution in [-0.2, 0) is 18.4 Å². The first kappa shape index (κ1) is 21.0. The fourth-order valence-corrected chi connectivity index (χ4v) is 2.79. The second-order valence-corrected chi connectivity index (χ2v) is 7.20. The molecule has 3 amide bonds. The van der Waals surface area contributed by atoms with E-state index < -0.39 is 11.9 Å². The maximum Gasteiger partial charge on any atom is 0.321 e. The highest BCUT2D eigenvalue weighted by molar-refractivity contribution is 7.99. The molecule has 0 aliphatic heterocycles. The first-order chi connectivity index (χ1) is 12.9. The lowest BCUT2D eigenvalue weighted by Gasteiger charge is -2.11. The van der Waals surface area contributed by atoms with Gasteiger partial charge in [0.2, 0.25) is 5.91 Å². The summed E-state index contributed by atoms with van der Waals surface area (Å²) in [5, 5.41) is 14.3. The number of imide groups is 1. The third kappa shape index (κ3) is 6.76. The largest absolute Gasteiger partial charge is 0.486 e. The predicted octanol–water partition coefficient (Wildman–Crippen LogP) is 2.76. The number of halogens is 1. The Morgan fingerprint density at radius 2 is 2.00 bits per heavy atom. The number of aromatic nitrogens is 3. The molecular formula is C17H22ClN5O3S. The topological polar surface area (TPSA) is 98.1 Å². The van der Waals surface area contributed by atoms with Gasteiger partial charge in [-0.1, -0.05) is 30.3 Å². The van der Waals surface area contributed by atoms with E-state index >= 15 is 0 Å². The third-order valence-corrected chi connectivity index (χ3v) is 4.95. The zero-order valence-corrected chi connectivity index (χ0v) is 16.9. The van der Waals surface area contributed by atoms with E-state index in [0.29, 0.717) is 21.8 Å². The highest BCUT2D eigenvalue weighted by Gasteiger charge is 2.14. The summed E-state index contributed by atoms with van der Waals surface area (Å²) in [5.41, 5.74) is 0. The van der Waals surface area contributed by atoms with Crippen molar-refractivity contribution >= 4 is 35.3 Å². The lowest BCUT2D eigenvalue weighted by Crippen LogP contribution is -2.43. The fraction of sp³-hybridized carbons (Fsp3) is 0.412. The molecule has 1 aromatic carbocycles. The van der Waals surface area contributed by atoms with E-state index in [-0.39, 0.29) is 18.4 Å². The molecule has 0 unspecified atom stereocenters. The number of urea groups is 1. The fourth-order valence-electron chi connectivity index (χ4n) is 1.93. The van der Waals surface area contributed by atoms with Gasteiger partial charge in [0, 0.05) is 18.1 Å². The van der Waals surface area contributed by atoms with E-state index in [0.717, 1.165) is 6.42 Å². The van der Waals surface area contributed by atoms with Crippen molar-refractivity contribution in [3.05, 3.63) is 35.1 Å². The number of nitrogens with zero attached hydrogens (tertiary/aromatic N) is 3. The molecule has 1 heterocycles. The van der Waals surface area contributed by atoms with Crippen molar-refractivity contribution in [1.82, 2.24) is 25.4 Å². The average Bonchev–Trinajstić information content (AvgIpc) is 2.99. The molecule has 0 saturated heterocycles. The number of hydrogen-bond acceptors (Lipinski definition) is 6. The number of rotatable bonds is 8. The molecule has 0 bridgehead atoms. The van der Waals surface area contributed by atoms with Crippen LogP contribution < -0.4 is 15.4 Å². The van der Waals surface area contributed by atoms with Crippen LogP contribution in [0.4, 0.5) is 4.79 Å². The molecule has 2 aromatic rings. The number of hydrogen-bond donors (Lipinski definition) is 2. The van der Waals surface area contributed by atoms with Crippen molar-refractivity contribution in [2.75, 3.05) is 5.75 Å². The van der Waals surface area contributed by atoms with Crippen molar-refractivity contribution in [3.63, 3.8) is 0 Å². The SMILES string of the molecule is CC[C@@H](C)NC(=O)NC(=O)CSc1nnc(COc2ccc(Cl)cc2)n1C. The molecule has 0 saturated carbocycles. The minimum atomic E-state index is -0.495. The molecule has 27 heavy (non-hydrogen) atoms. The van der Waals surface area contributed by atoms with E-state index in [1.54, 1.807) is 35.9 Å². The van der Waals surface area contributed by atoms with Crippen LogP contribution in [0.25, 0.3) is 0 Å². The molecule has 0 radical (unpaired) electrons. The van der Waals surface area contributed by atoms with Crippen LogP contribution in [0.2, 0.25) is 5.02 Å². The molecule has 0 aliphatic rings. The molecule has 2 rings (SSSR count). The molecule has 10 heteroatoms. The Kier molecular flexibility index (Phi) is 7.93. The van der Waals surface area contributed by atoms with Gasteiger partial charge in [0.15, 0.2) is 11.0 Å². The Bertz CT molecular complexity index is 781. The minimum Gasteiger partial charge on any atom is -0.486 e. The van der Waals surface area contributed by atoms with Crippen molar-refractivity contribution in [2.45, 2.75) is 38.1 Å². The molecule has 1 aromatic heterocycles. The smallest absolute Gasteiger partial charge is 0.321 e. The standard InChI is InChI=1S/C17H22ClN5O3S/c1-4-11(2)19-16(25)20-15(24)10-27-17-22-21-14(23(17)3)9-26-13-7-5-12(18)6-8-13/h5-8,11H,4,9-10H2,1-3H3,(H2,19,20,24,25)/t11-/m1/s1. The number of benzene rings is 1. The van der Waals surface area contributed by atoms with Crippen molar-refractivity contribution in [1.29, 1.82) is 0 Å².